The molecule has 0 saturated carbocycles. The normalized spacial score (nSPS) is 15.8. The number of fused-ring (bicyclic) bond motifs is 1. The number of hydrogen-bond donors (Lipinski definition) is 1. The third-order valence-corrected chi connectivity index (χ3v) is 2.46. The number of rotatable bonds is 0. The lowest BCUT2D eigenvalue weighted by Gasteiger charge is -2.19. The van der Waals surface area contributed by atoms with Crippen LogP contribution in [0.3, 0.4) is 0 Å². The largest absolute Gasteiger partial charge is 0.312 e. The van der Waals surface area contributed by atoms with Gasteiger partial charge in [0, 0.05) is 12.1 Å². The molecule has 0 fully saturated rings. The molecule has 1 nitrogen and oxygen atoms in total. The van der Waals surface area contributed by atoms with E-state index in [0.29, 0.717) is 6.54 Å². The average Bonchev–Trinajstić information content (AvgIpc) is 2.12. The van der Waals surface area contributed by atoms with Gasteiger partial charge in [0.15, 0.2) is 0 Å². The van der Waals surface area contributed by atoms with Gasteiger partial charge in [-0.2, -0.15) is 0 Å². The summed E-state index contributed by atoms with van der Waals surface area (Å²) in [6, 6.07) is 3.42. The van der Waals surface area contributed by atoms with Crippen LogP contribution in [0.25, 0.3) is 0 Å². The number of aryl methyl sites for hydroxylation is 1. The molecule has 0 unspecified atom stereocenters. The molecule has 1 aromatic carbocycles. The van der Waals surface area contributed by atoms with Crippen LogP contribution < -0.4 is 5.32 Å². The zero-order chi connectivity index (χ0) is 8.55. The second-order valence-corrected chi connectivity index (χ2v) is 3.25. The van der Waals surface area contributed by atoms with Crippen LogP contribution in [0.15, 0.2) is 12.1 Å². The van der Waals surface area contributed by atoms with Gasteiger partial charge in [0.05, 0.1) is 0 Å². The van der Waals surface area contributed by atoms with Crippen LogP contribution in [0, 0.1) is 12.7 Å². The van der Waals surface area contributed by atoms with Gasteiger partial charge < -0.3 is 5.32 Å². The van der Waals surface area contributed by atoms with E-state index >= 15 is 0 Å². The molecule has 1 aromatic rings. The molecular formula is C10H12FN. The van der Waals surface area contributed by atoms with Crippen molar-refractivity contribution in [1.82, 2.24) is 5.32 Å². The van der Waals surface area contributed by atoms with Gasteiger partial charge in [-0.3, -0.25) is 0 Å². The fraction of sp³-hybridized carbons (Fsp3) is 0.400. The Balaban J connectivity index is 2.57. The Morgan fingerprint density at radius 1 is 1.33 bits per heavy atom. The molecule has 2 rings (SSSR count). The molecule has 0 radical (unpaired) electrons. The summed E-state index contributed by atoms with van der Waals surface area (Å²) in [5.74, 6) is -0.0669. The third-order valence-electron chi connectivity index (χ3n) is 2.46. The topological polar surface area (TPSA) is 12.0 Å². The van der Waals surface area contributed by atoms with Crippen LogP contribution in [0.5, 0.6) is 0 Å². The van der Waals surface area contributed by atoms with E-state index in [0.717, 1.165) is 18.5 Å². The van der Waals surface area contributed by atoms with Crippen molar-refractivity contribution in [1.29, 1.82) is 0 Å². The second-order valence-electron chi connectivity index (χ2n) is 3.25. The molecule has 1 aliphatic heterocycles. The first-order chi connectivity index (χ1) is 5.79. The zero-order valence-electron chi connectivity index (χ0n) is 7.15. The first-order valence-corrected chi connectivity index (χ1v) is 4.26. The maximum atomic E-state index is 13.2. The number of halogens is 1. The summed E-state index contributed by atoms with van der Waals surface area (Å²) in [7, 11) is 0. The predicted octanol–water partition coefficient (Wildman–Crippen LogP) is 1.78. The molecule has 0 spiro atoms. The van der Waals surface area contributed by atoms with E-state index in [-0.39, 0.29) is 5.82 Å². The Bertz CT molecular complexity index is 276. The summed E-state index contributed by atoms with van der Waals surface area (Å²) in [5, 5.41) is 3.17. The molecule has 1 heterocycles. The Kier molecular flexibility index (Phi) is 1.85. The molecule has 0 saturated heterocycles. The van der Waals surface area contributed by atoms with E-state index < -0.39 is 0 Å². The SMILES string of the molecule is Cc1ccc(F)c2c1CCNC2. The van der Waals surface area contributed by atoms with Crippen molar-refractivity contribution in [3.8, 4) is 0 Å². The maximum absolute atomic E-state index is 13.2. The van der Waals surface area contributed by atoms with Gasteiger partial charge in [-0.1, -0.05) is 6.07 Å². The number of benzene rings is 1. The lowest BCUT2D eigenvalue weighted by atomic mass is 9.96. The highest BCUT2D eigenvalue weighted by Gasteiger charge is 2.14. The van der Waals surface area contributed by atoms with Crippen LogP contribution in [0.2, 0.25) is 0 Å². The standard InChI is InChI=1S/C10H12FN/c1-7-2-3-10(11)9-6-12-5-4-8(7)9/h2-3,12H,4-6H2,1H3. The van der Waals surface area contributed by atoms with Crippen LogP contribution in [0.1, 0.15) is 16.7 Å². The molecule has 0 aromatic heterocycles. The predicted molar refractivity (Wildman–Crippen MR) is 46.5 cm³/mol. The molecule has 12 heavy (non-hydrogen) atoms. The number of hydrogen-bond acceptors (Lipinski definition) is 1. The Morgan fingerprint density at radius 3 is 2.92 bits per heavy atom. The van der Waals surface area contributed by atoms with Crippen molar-refractivity contribution < 1.29 is 4.39 Å². The molecule has 1 aliphatic rings. The van der Waals surface area contributed by atoms with Gasteiger partial charge >= 0.3 is 0 Å². The molecule has 64 valence electrons. The quantitative estimate of drug-likeness (QED) is 0.618. The maximum Gasteiger partial charge on any atom is 0.127 e. The van der Waals surface area contributed by atoms with Gasteiger partial charge in [0.25, 0.3) is 0 Å². The van der Waals surface area contributed by atoms with E-state index in [9.17, 15) is 4.39 Å². The summed E-state index contributed by atoms with van der Waals surface area (Å²) < 4.78 is 13.2. The van der Waals surface area contributed by atoms with Crippen molar-refractivity contribution in [2.24, 2.45) is 0 Å². The molecular weight excluding hydrogens is 153 g/mol. The third kappa shape index (κ3) is 1.12. The highest BCUT2D eigenvalue weighted by Crippen LogP contribution is 2.20. The molecule has 2 heteroatoms. The number of nitrogens with one attached hydrogen (secondary N) is 1. The summed E-state index contributed by atoms with van der Waals surface area (Å²) in [5.41, 5.74) is 3.28. The van der Waals surface area contributed by atoms with Crippen molar-refractivity contribution in [2.45, 2.75) is 19.9 Å². The second kappa shape index (κ2) is 2.87. The van der Waals surface area contributed by atoms with Gasteiger partial charge in [-0.05, 0) is 37.1 Å². The summed E-state index contributed by atoms with van der Waals surface area (Å²) in [6.45, 7) is 3.70. The van der Waals surface area contributed by atoms with Gasteiger partial charge in [0.2, 0.25) is 0 Å². The lowest BCUT2D eigenvalue weighted by Crippen LogP contribution is -2.25. The Labute approximate surface area is 71.6 Å². The van der Waals surface area contributed by atoms with Crippen LogP contribution in [0.4, 0.5) is 4.39 Å². The van der Waals surface area contributed by atoms with Crippen LogP contribution >= 0.6 is 0 Å². The highest BCUT2D eigenvalue weighted by molar-refractivity contribution is 5.37. The molecule has 0 aliphatic carbocycles. The summed E-state index contributed by atoms with van der Waals surface area (Å²) >= 11 is 0. The molecule has 0 atom stereocenters. The smallest absolute Gasteiger partial charge is 0.127 e. The fourth-order valence-corrected chi connectivity index (χ4v) is 1.75. The van der Waals surface area contributed by atoms with Crippen molar-refractivity contribution in [3.05, 3.63) is 34.6 Å². The van der Waals surface area contributed by atoms with Gasteiger partial charge in [-0.25, -0.2) is 4.39 Å². The molecule has 0 bridgehead atoms. The molecule has 0 amide bonds. The minimum absolute atomic E-state index is 0.0669. The molecule has 1 N–H and O–H groups in total. The Morgan fingerprint density at radius 2 is 2.17 bits per heavy atom. The summed E-state index contributed by atoms with van der Waals surface area (Å²) in [6.07, 6.45) is 0.957. The van der Waals surface area contributed by atoms with Gasteiger partial charge in [0.1, 0.15) is 5.82 Å². The summed E-state index contributed by atoms with van der Waals surface area (Å²) in [4.78, 5) is 0. The highest BCUT2D eigenvalue weighted by atomic mass is 19.1. The minimum Gasteiger partial charge on any atom is -0.312 e. The van der Waals surface area contributed by atoms with E-state index in [4.69, 9.17) is 0 Å². The van der Waals surface area contributed by atoms with E-state index in [2.05, 4.69) is 5.32 Å². The monoisotopic (exact) mass is 165 g/mol. The fourth-order valence-electron chi connectivity index (χ4n) is 1.75. The van der Waals surface area contributed by atoms with Crippen molar-refractivity contribution >= 4 is 0 Å². The van der Waals surface area contributed by atoms with Crippen LogP contribution in [-0.4, -0.2) is 6.54 Å². The van der Waals surface area contributed by atoms with E-state index in [1.165, 1.54) is 11.1 Å². The zero-order valence-corrected chi connectivity index (χ0v) is 7.15. The lowest BCUT2D eigenvalue weighted by molar-refractivity contribution is 0.561. The first-order valence-electron chi connectivity index (χ1n) is 4.26. The van der Waals surface area contributed by atoms with Crippen molar-refractivity contribution in [3.63, 3.8) is 0 Å². The van der Waals surface area contributed by atoms with E-state index in [1.807, 2.05) is 13.0 Å². The van der Waals surface area contributed by atoms with Gasteiger partial charge in [-0.15, -0.1) is 0 Å². The van der Waals surface area contributed by atoms with E-state index in [1.54, 1.807) is 6.07 Å². The Hall–Kier alpha value is -0.890. The van der Waals surface area contributed by atoms with Crippen molar-refractivity contribution in [2.75, 3.05) is 6.54 Å². The first kappa shape index (κ1) is 7.74. The average molecular weight is 165 g/mol. The van der Waals surface area contributed by atoms with Crippen LogP contribution in [-0.2, 0) is 13.0 Å². The minimum atomic E-state index is -0.0669.